The second-order valence-electron chi connectivity index (χ2n) is 5.77. The molecule has 0 aliphatic carbocycles. The smallest absolute Gasteiger partial charge is 0.230 e. The molecule has 1 atom stereocenters. The lowest BCUT2D eigenvalue weighted by Gasteiger charge is -2.13. The van der Waals surface area contributed by atoms with Gasteiger partial charge in [-0.05, 0) is 41.5 Å². The molecular weight excluding hydrogens is 284 g/mol. The minimum Gasteiger partial charge on any atom is -0.457 e. The lowest BCUT2D eigenvalue weighted by Crippen LogP contribution is -2.06. The summed E-state index contributed by atoms with van der Waals surface area (Å²) in [6.07, 6.45) is 1.12. The van der Waals surface area contributed by atoms with Crippen LogP contribution >= 0.6 is 0 Å². The molecule has 0 N–H and O–H groups in total. The molecule has 23 heavy (non-hydrogen) atoms. The van der Waals surface area contributed by atoms with Crippen LogP contribution in [-0.2, 0) is 0 Å². The lowest BCUT2D eigenvalue weighted by atomic mass is 9.99. The number of fused-ring (bicyclic) bond motifs is 1. The second-order valence-corrected chi connectivity index (χ2v) is 5.77. The molecule has 2 heteroatoms. The van der Waals surface area contributed by atoms with Gasteiger partial charge in [0, 0.05) is 5.39 Å². The zero-order valence-electron chi connectivity index (χ0n) is 13.7. The number of ether oxygens (including phenoxy) is 2. The van der Waals surface area contributed by atoms with Crippen molar-refractivity contribution >= 4 is 10.8 Å². The molecule has 0 aromatic heterocycles. The molecule has 0 radical (unpaired) electrons. The first-order valence-corrected chi connectivity index (χ1v) is 8.11. The molecule has 1 unspecified atom stereocenters. The molecule has 0 aliphatic heterocycles. The van der Waals surface area contributed by atoms with E-state index in [1.54, 1.807) is 0 Å². The standard InChI is InChI=1S/C21H22O2/c1-3-16(2)18-10-6-11-19(14-18)22-15-23-21-13-7-9-17-8-4-5-12-20(17)21/h4-14,16H,3,15H2,1-2H3. The van der Waals surface area contributed by atoms with Crippen molar-refractivity contribution in [1.29, 1.82) is 0 Å². The van der Waals surface area contributed by atoms with Crippen LogP contribution in [0.3, 0.4) is 0 Å². The van der Waals surface area contributed by atoms with Gasteiger partial charge in [-0.25, -0.2) is 0 Å². The number of hydrogen-bond donors (Lipinski definition) is 0. The van der Waals surface area contributed by atoms with Crippen LogP contribution in [0.15, 0.2) is 66.7 Å². The van der Waals surface area contributed by atoms with Gasteiger partial charge in [-0.2, -0.15) is 0 Å². The molecule has 0 saturated heterocycles. The summed E-state index contributed by atoms with van der Waals surface area (Å²) in [4.78, 5) is 0. The summed E-state index contributed by atoms with van der Waals surface area (Å²) >= 11 is 0. The van der Waals surface area contributed by atoms with Gasteiger partial charge in [0.2, 0.25) is 6.79 Å². The Labute approximate surface area is 137 Å². The number of rotatable bonds is 6. The summed E-state index contributed by atoms with van der Waals surface area (Å²) < 4.78 is 11.6. The van der Waals surface area contributed by atoms with Crippen LogP contribution in [-0.4, -0.2) is 6.79 Å². The SMILES string of the molecule is CCC(C)c1cccc(OCOc2cccc3ccccc23)c1. The minimum absolute atomic E-state index is 0.206. The maximum absolute atomic E-state index is 5.83. The molecule has 0 aliphatic rings. The maximum atomic E-state index is 5.83. The van der Waals surface area contributed by atoms with E-state index in [2.05, 4.69) is 44.2 Å². The highest BCUT2D eigenvalue weighted by atomic mass is 16.7. The molecule has 3 aromatic rings. The topological polar surface area (TPSA) is 18.5 Å². The Morgan fingerprint density at radius 3 is 2.52 bits per heavy atom. The molecule has 0 amide bonds. The highest BCUT2D eigenvalue weighted by Crippen LogP contribution is 2.26. The summed E-state index contributed by atoms with van der Waals surface area (Å²) in [6.45, 7) is 4.63. The first-order chi connectivity index (χ1) is 11.3. The van der Waals surface area contributed by atoms with Crippen molar-refractivity contribution in [1.82, 2.24) is 0 Å². The zero-order valence-corrected chi connectivity index (χ0v) is 13.7. The Balaban J connectivity index is 1.67. The minimum atomic E-state index is 0.206. The molecule has 2 nitrogen and oxygen atoms in total. The van der Waals surface area contributed by atoms with E-state index in [0.717, 1.165) is 23.3 Å². The van der Waals surface area contributed by atoms with Crippen molar-refractivity contribution < 1.29 is 9.47 Å². The lowest BCUT2D eigenvalue weighted by molar-refractivity contribution is 0.121. The third kappa shape index (κ3) is 3.65. The molecule has 0 heterocycles. The summed E-state index contributed by atoms with van der Waals surface area (Å²) in [7, 11) is 0. The second kappa shape index (κ2) is 7.19. The first kappa shape index (κ1) is 15.4. The van der Waals surface area contributed by atoms with Crippen LogP contribution < -0.4 is 9.47 Å². The molecule has 0 bridgehead atoms. The van der Waals surface area contributed by atoms with Gasteiger partial charge in [-0.15, -0.1) is 0 Å². The third-order valence-electron chi connectivity index (χ3n) is 4.23. The van der Waals surface area contributed by atoms with E-state index >= 15 is 0 Å². The predicted octanol–water partition coefficient (Wildman–Crippen LogP) is 5.77. The van der Waals surface area contributed by atoms with Gasteiger partial charge in [-0.3, -0.25) is 0 Å². The van der Waals surface area contributed by atoms with Crippen molar-refractivity contribution in [3.05, 3.63) is 72.3 Å². The fraction of sp³-hybridized carbons (Fsp3) is 0.238. The molecule has 3 aromatic carbocycles. The van der Waals surface area contributed by atoms with Gasteiger partial charge < -0.3 is 9.47 Å². The van der Waals surface area contributed by atoms with E-state index in [1.165, 1.54) is 10.9 Å². The molecule has 3 rings (SSSR count). The Hall–Kier alpha value is -2.48. The van der Waals surface area contributed by atoms with Crippen LogP contribution in [0.25, 0.3) is 10.8 Å². The monoisotopic (exact) mass is 306 g/mol. The van der Waals surface area contributed by atoms with Gasteiger partial charge in [0.25, 0.3) is 0 Å². The first-order valence-electron chi connectivity index (χ1n) is 8.11. The average Bonchev–Trinajstić information content (AvgIpc) is 2.61. The highest BCUT2D eigenvalue weighted by Gasteiger charge is 2.05. The Kier molecular flexibility index (Phi) is 4.82. The van der Waals surface area contributed by atoms with E-state index in [0.29, 0.717) is 5.92 Å². The van der Waals surface area contributed by atoms with Crippen LogP contribution in [0.1, 0.15) is 31.7 Å². The van der Waals surface area contributed by atoms with Gasteiger partial charge in [0.1, 0.15) is 11.5 Å². The van der Waals surface area contributed by atoms with E-state index < -0.39 is 0 Å². The Morgan fingerprint density at radius 2 is 1.65 bits per heavy atom. The van der Waals surface area contributed by atoms with Crippen molar-refractivity contribution in [3.8, 4) is 11.5 Å². The maximum Gasteiger partial charge on any atom is 0.230 e. The molecule has 118 valence electrons. The van der Waals surface area contributed by atoms with E-state index in [-0.39, 0.29) is 6.79 Å². The van der Waals surface area contributed by atoms with E-state index in [4.69, 9.17) is 9.47 Å². The van der Waals surface area contributed by atoms with Crippen LogP contribution in [0.5, 0.6) is 11.5 Å². The number of benzene rings is 3. The summed E-state index contributed by atoms with van der Waals surface area (Å²) in [6, 6.07) is 22.5. The van der Waals surface area contributed by atoms with Crippen LogP contribution in [0.2, 0.25) is 0 Å². The average molecular weight is 306 g/mol. The quantitative estimate of drug-likeness (QED) is 0.538. The fourth-order valence-corrected chi connectivity index (χ4v) is 2.63. The fourth-order valence-electron chi connectivity index (χ4n) is 2.63. The van der Waals surface area contributed by atoms with Crippen LogP contribution in [0, 0.1) is 0 Å². The molecular formula is C21H22O2. The number of hydrogen-bond acceptors (Lipinski definition) is 2. The Morgan fingerprint density at radius 1 is 0.870 bits per heavy atom. The van der Waals surface area contributed by atoms with E-state index in [9.17, 15) is 0 Å². The van der Waals surface area contributed by atoms with Crippen molar-refractivity contribution in [2.24, 2.45) is 0 Å². The summed E-state index contributed by atoms with van der Waals surface area (Å²) in [5.74, 6) is 2.24. The third-order valence-corrected chi connectivity index (χ3v) is 4.23. The predicted molar refractivity (Wildman–Crippen MR) is 95.2 cm³/mol. The largest absolute Gasteiger partial charge is 0.457 e. The van der Waals surface area contributed by atoms with Gasteiger partial charge in [-0.1, -0.05) is 62.4 Å². The van der Waals surface area contributed by atoms with Gasteiger partial charge in [0.15, 0.2) is 0 Å². The molecule has 0 fully saturated rings. The summed E-state index contributed by atoms with van der Waals surface area (Å²) in [5.41, 5.74) is 1.30. The van der Waals surface area contributed by atoms with Gasteiger partial charge in [0.05, 0.1) is 0 Å². The van der Waals surface area contributed by atoms with Crippen molar-refractivity contribution in [2.45, 2.75) is 26.2 Å². The normalized spacial score (nSPS) is 12.1. The Bertz CT molecular complexity index is 774. The molecule has 0 saturated carbocycles. The van der Waals surface area contributed by atoms with Crippen LogP contribution in [0.4, 0.5) is 0 Å². The highest BCUT2D eigenvalue weighted by molar-refractivity contribution is 5.88. The van der Waals surface area contributed by atoms with Crippen molar-refractivity contribution in [2.75, 3.05) is 6.79 Å². The summed E-state index contributed by atoms with van der Waals surface area (Å²) in [5, 5.41) is 2.27. The van der Waals surface area contributed by atoms with Crippen molar-refractivity contribution in [3.63, 3.8) is 0 Å². The van der Waals surface area contributed by atoms with Gasteiger partial charge >= 0.3 is 0 Å². The zero-order chi connectivity index (χ0) is 16.1. The van der Waals surface area contributed by atoms with E-state index in [1.807, 2.05) is 36.4 Å². The molecule has 0 spiro atoms.